The fraction of sp³-hybridized carbons (Fsp3) is 0.593. The number of benzene rings is 1. The van der Waals surface area contributed by atoms with E-state index < -0.39 is 0 Å². The van der Waals surface area contributed by atoms with Crippen LogP contribution in [0.3, 0.4) is 0 Å². The fourth-order valence-electron chi connectivity index (χ4n) is 5.40. The summed E-state index contributed by atoms with van der Waals surface area (Å²) in [6.07, 6.45) is 2.35. The number of amides is 1. The number of carbonyl (C=O) groups excluding carboxylic acids is 1. The van der Waals surface area contributed by atoms with E-state index in [-0.39, 0.29) is 23.1 Å². The van der Waals surface area contributed by atoms with Crippen LogP contribution in [0, 0.1) is 12.8 Å². The monoisotopic (exact) mass is 496 g/mol. The van der Waals surface area contributed by atoms with Crippen molar-refractivity contribution in [2.75, 3.05) is 63.8 Å². The largest absolute Gasteiger partial charge is 0.366 e. The molecule has 196 valence electrons. The summed E-state index contributed by atoms with van der Waals surface area (Å²) in [5.41, 5.74) is 1.28. The van der Waals surface area contributed by atoms with Crippen LogP contribution in [0.5, 0.6) is 0 Å². The maximum Gasteiger partial charge on any atom is 0.335 e. The van der Waals surface area contributed by atoms with Gasteiger partial charge in [0.25, 0.3) is 5.56 Å². The van der Waals surface area contributed by atoms with Crippen LogP contribution in [0.1, 0.15) is 31.9 Å². The molecule has 0 atom stereocenters. The summed E-state index contributed by atoms with van der Waals surface area (Å²) >= 11 is 0. The number of hydrogen-bond donors (Lipinski definition) is 1. The Hall–Kier alpha value is -2.91. The number of nitrogens with zero attached hydrogens (tertiary/aromatic N) is 5. The highest BCUT2D eigenvalue weighted by molar-refractivity contribution is 5.79. The molecule has 1 aromatic carbocycles. The molecule has 2 aliphatic heterocycles. The second-order valence-corrected chi connectivity index (χ2v) is 9.93. The third-order valence-electron chi connectivity index (χ3n) is 7.72. The molecule has 3 heterocycles. The molecule has 9 nitrogen and oxygen atoms in total. The Morgan fingerprint density at radius 2 is 1.61 bits per heavy atom. The van der Waals surface area contributed by atoms with E-state index >= 15 is 0 Å². The Kier molecular flexibility index (Phi) is 8.64. The van der Waals surface area contributed by atoms with Crippen molar-refractivity contribution in [1.29, 1.82) is 0 Å². The molecule has 0 aliphatic carbocycles. The highest BCUT2D eigenvalue weighted by Crippen LogP contribution is 2.24. The molecule has 1 aromatic heterocycles. The van der Waals surface area contributed by atoms with Gasteiger partial charge in [0.05, 0.1) is 11.4 Å². The number of likely N-dealkylation sites (N-methyl/N-ethyl adjacent to an activating group) is 1. The molecule has 1 amide bonds. The second kappa shape index (κ2) is 11.9. The van der Waals surface area contributed by atoms with Crippen molar-refractivity contribution in [2.45, 2.75) is 33.1 Å². The first kappa shape index (κ1) is 26.2. The first-order valence-electron chi connectivity index (χ1n) is 13.3. The van der Waals surface area contributed by atoms with Crippen LogP contribution >= 0.6 is 0 Å². The van der Waals surface area contributed by atoms with Gasteiger partial charge >= 0.3 is 5.69 Å². The lowest BCUT2D eigenvalue weighted by Gasteiger charge is -2.34. The summed E-state index contributed by atoms with van der Waals surface area (Å²) in [6.45, 7) is 12.6. The molecule has 4 rings (SSSR count). The van der Waals surface area contributed by atoms with Gasteiger partial charge in [-0.15, -0.1) is 0 Å². The van der Waals surface area contributed by atoms with Gasteiger partial charge in [-0.05, 0) is 51.4 Å². The van der Waals surface area contributed by atoms with E-state index in [2.05, 4.69) is 22.0 Å². The van der Waals surface area contributed by atoms with Crippen molar-refractivity contribution >= 4 is 11.6 Å². The molecule has 0 bridgehead atoms. The quantitative estimate of drug-likeness (QED) is 0.553. The maximum absolute atomic E-state index is 13.1. The van der Waals surface area contributed by atoms with Crippen LogP contribution in [0.25, 0.3) is 5.69 Å². The van der Waals surface area contributed by atoms with E-state index in [0.717, 1.165) is 51.4 Å². The molecule has 2 aliphatic rings. The number of anilines is 1. The molecule has 2 saturated heterocycles. The second-order valence-electron chi connectivity index (χ2n) is 9.93. The first-order valence-corrected chi connectivity index (χ1v) is 13.3. The normalized spacial score (nSPS) is 17.9. The zero-order valence-corrected chi connectivity index (χ0v) is 21.9. The summed E-state index contributed by atoms with van der Waals surface area (Å²) < 4.78 is 2.77. The summed E-state index contributed by atoms with van der Waals surface area (Å²) in [5.74, 6) is 0.0721. The molecule has 0 radical (unpaired) electrons. The summed E-state index contributed by atoms with van der Waals surface area (Å²) in [4.78, 5) is 45.7. The van der Waals surface area contributed by atoms with Gasteiger partial charge in [0, 0.05) is 58.8 Å². The van der Waals surface area contributed by atoms with Crippen molar-refractivity contribution in [3.05, 3.63) is 56.9 Å². The highest BCUT2D eigenvalue weighted by Gasteiger charge is 2.28. The Morgan fingerprint density at radius 3 is 2.25 bits per heavy atom. The van der Waals surface area contributed by atoms with Crippen molar-refractivity contribution in [1.82, 2.24) is 24.3 Å². The molecular formula is C27H40N6O3. The number of para-hydroxylation sites is 1. The zero-order valence-electron chi connectivity index (χ0n) is 21.9. The summed E-state index contributed by atoms with van der Waals surface area (Å²) in [5, 5.41) is 3.13. The van der Waals surface area contributed by atoms with E-state index in [9.17, 15) is 14.4 Å². The van der Waals surface area contributed by atoms with Crippen LogP contribution in [0.15, 0.2) is 39.9 Å². The minimum absolute atomic E-state index is 0.0430. The van der Waals surface area contributed by atoms with Crippen molar-refractivity contribution < 1.29 is 4.79 Å². The predicted octanol–water partition coefficient (Wildman–Crippen LogP) is 1.20. The SMILES string of the molecule is CCN1CCN(CCCNC(=O)C2CCN(c3c(C)n(-c4ccccc4)c(=O)n(C)c3=O)CC2)CC1. The number of rotatable bonds is 8. The molecule has 0 spiro atoms. The molecule has 9 heteroatoms. The third kappa shape index (κ3) is 5.73. The molecular weight excluding hydrogens is 456 g/mol. The van der Waals surface area contributed by atoms with Crippen LogP contribution < -0.4 is 21.5 Å². The summed E-state index contributed by atoms with van der Waals surface area (Å²) in [7, 11) is 1.52. The zero-order chi connectivity index (χ0) is 25.7. The molecule has 0 saturated carbocycles. The van der Waals surface area contributed by atoms with Gasteiger partial charge in [0.1, 0.15) is 5.69 Å². The Labute approximate surface area is 213 Å². The average Bonchev–Trinajstić information content (AvgIpc) is 2.91. The fourth-order valence-corrected chi connectivity index (χ4v) is 5.40. The minimum atomic E-state index is -0.353. The predicted molar refractivity (Wildman–Crippen MR) is 143 cm³/mol. The Bertz CT molecular complexity index is 1140. The van der Waals surface area contributed by atoms with Gasteiger partial charge in [-0.1, -0.05) is 25.1 Å². The van der Waals surface area contributed by atoms with Crippen LogP contribution in [0.4, 0.5) is 5.69 Å². The van der Waals surface area contributed by atoms with Gasteiger partial charge in [-0.25, -0.2) is 4.79 Å². The van der Waals surface area contributed by atoms with E-state index in [1.807, 2.05) is 42.2 Å². The van der Waals surface area contributed by atoms with E-state index in [0.29, 0.717) is 43.9 Å². The Balaban J connectivity index is 1.32. The smallest absolute Gasteiger partial charge is 0.335 e. The lowest BCUT2D eigenvalue weighted by atomic mass is 9.95. The summed E-state index contributed by atoms with van der Waals surface area (Å²) in [6, 6.07) is 9.38. The standard InChI is InChI=1S/C27H40N6O3/c1-4-30-17-19-31(20-18-30)14-8-13-28-25(34)22-11-15-32(16-12-22)24-21(2)33(23-9-6-5-7-10-23)27(36)29(3)26(24)35/h5-7,9-10,22H,4,8,11-20H2,1-3H3,(H,28,34). The van der Waals surface area contributed by atoms with Crippen molar-refractivity contribution in [3.63, 3.8) is 0 Å². The number of hydrogen-bond acceptors (Lipinski definition) is 6. The molecule has 1 N–H and O–H groups in total. The van der Waals surface area contributed by atoms with Gasteiger partial charge in [0.2, 0.25) is 5.91 Å². The van der Waals surface area contributed by atoms with Gasteiger partial charge < -0.3 is 20.0 Å². The third-order valence-corrected chi connectivity index (χ3v) is 7.72. The molecule has 2 fully saturated rings. The minimum Gasteiger partial charge on any atom is -0.366 e. The topological polar surface area (TPSA) is 82.8 Å². The van der Waals surface area contributed by atoms with Gasteiger partial charge in [-0.3, -0.25) is 18.7 Å². The molecule has 2 aromatic rings. The Morgan fingerprint density at radius 1 is 0.972 bits per heavy atom. The van der Waals surface area contributed by atoms with E-state index in [1.165, 1.54) is 11.6 Å². The average molecular weight is 497 g/mol. The number of piperidine rings is 1. The van der Waals surface area contributed by atoms with Gasteiger partial charge in [-0.2, -0.15) is 0 Å². The lowest BCUT2D eigenvalue weighted by Crippen LogP contribution is -2.47. The van der Waals surface area contributed by atoms with Crippen LogP contribution in [-0.2, 0) is 11.8 Å². The first-order chi connectivity index (χ1) is 17.4. The van der Waals surface area contributed by atoms with Crippen LogP contribution in [-0.4, -0.2) is 83.7 Å². The number of nitrogens with one attached hydrogen (secondary N) is 1. The highest BCUT2D eigenvalue weighted by atomic mass is 16.2. The van der Waals surface area contributed by atoms with E-state index in [4.69, 9.17) is 0 Å². The van der Waals surface area contributed by atoms with Crippen molar-refractivity contribution in [2.24, 2.45) is 13.0 Å². The van der Waals surface area contributed by atoms with E-state index in [1.54, 1.807) is 4.57 Å². The van der Waals surface area contributed by atoms with Crippen molar-refractivity contribution in [3.8, 4) is 5.69 Å². The number of piperazine rings is 1. The maximum atomic E-state index is 13.1. The number of aromatic nitrogens is 2. The van der Waals surface area contributed by atoms with Crippen LogP contribution in [0.2, 0.25) is 0 Å². The molecule has 0 unspecified atom stereocenters. The number of carbonyl (C=O) groups is 1. The van der Waals surface area contributed by atoms with Gasteiger partial charge in [0.15, 0.2) is 0 Å². The lowest BCUT2D eigenvalue weighted by molar-refractivity contribution is -0.125. The molecule has 36 heavy (non-hydrogen) atoms.